The highest BCUT2D eigenvalue weighted by Gasteiger charge is 2.20. The van der Waals surface area contributed by atoms with E-state index in [9.17, 15) is 4.79 Å². The second-order valence-corrected chi connectivity index (χ2v) is 8.36. The molecule has 5 heteroatoms. The van der Waals surface area contributed by atoms with E-state index in [4.69, 9.17) is 14.2 Å². The Bertz CT molecular complexity index is 1120. The third-order valence-electron chi connectivity index (χ3n) is 6.04. The summed E-state index contributed by atoms with van der Waals surface area (Å²) < 4.78 is 17.1. The van der Waals surface area contributed by atoms with Crippen molar-refractivity contribution in [1.29, 1.82) is 0 Å². The van der Waals surface area contributed by atoms with Crippen LogP contribution in [-0.4, -0.2) is 37.1 Å². The Morgan fingerprint density at radius 3 is 2.48 bits per heavy atom. The number of carbonyl (C=O) groups is 1. The monoisotopic (exact) mass is 441 g/mol. The molecule has 0 amide bonds. The van der Waals surface area contributed by atoms with E-state index in [1.165, 1.54) is 12.8 Å². The zero-order chi connectivity index (χ0) is 22.5. The lowest BCUT2D eigenvalue weighted by Gasteiger charge is -2.25. The van der Waals surface area contributed by atoms with Gasteiger partial charge in [-0.05, 0) is 79.5 Å². The molecule has 3 aromatic carbocycles. The maximum Gasteiger partial charge on any atom is 0.231 e. The first kappa shape index (κ1) is 21.3. The maximum atomic E-state index is 12.6. The van der Waals surface area contributed by atoms with Crippen LogP contribution in [0.5, 0.6) is 17.2 Å². The summed E-state index contributed by atoms with van der Waals surface area (Å²) in [5.41, 5.74) is 2.67. The quantitative estimate of drug-likeness (QED) is 0.340. The van der Waals surface area contributed by atoms with E-state index in [1.54, 1.807) is 12.2 Å². The third kappa shape index (κ3) is 5.26. The fourth-order valence-electron chi connectivity index (χ4n) is 4.23. The number of likely N-dealkylation sites (tertiary alicyclic amines) is 1. The molecule has 1 saturated heterocycles. The first-order chi connectivity index (χ1) is 16.2. The number of hydrogen-bond acceptors (Lipinski definition) is 5. The minimum absolute atomic E-state index is 0.0447. The summed E-state index contributed by atoms with van der Waals surface area (Å²) in [6, 6.07) is 23.3. The summed E-state index contributed by atoms with van der Waals surface area (Å²) in [5, 5.41) is 0. The van der Waals surface area contributed by atoms with Gasteiger partial charge in [0.15, 0.2) is 17.3 Å². The van der Waals surface area contributed by atoms with Gasteiger partial charge in [-0.2, -0.15) is 0 Å². The molecule has 0 aliphatic carbocycles. The lowest BCUT2D eigenvalue weighted by molar-refractivity contribution is 0.104. The van der Waals surface area contributed by atoms with Crippen molar-refractivity contribution >= 4 is 11.9 Å². The number of hydrogen-bond donors (Lipinski definition) is 0. The molecular formula is C28H27NO4. The molecule has 0 spiro atoms. The van der Waals surface area contributed by atoms with Gasteiger partial charge in [0.05, 0.1) is 0 Å². The average molecular weight is 442 g/mol. The SMILES string of the molecule is O=C(C=Cc1ccc2c(c1)OCO2)c1ccc(OC(CN2CCCC2)c2ccccc2)cc1. The predicted molar refractivity (Wildman–Crippen MR) is 128 cm³/mol. The van der Waals surface area contributed by atoms with Crippen LogP contribution in [0, 0.1) is 0 Å². The lowest BCUT2D eigenvalue weighted by Crippen LogP contribution is -2.28. The number of allylic oxidation sites excluding steroid dienone is 1. The van der Waals surface area contributed by atoms with Crippen molar-refractivity contribution in [3.8, 4) is 17.2 Å². The smallest absolute Gasteiger partial charge is 0.231 e. The minimum Gasteiger partial charge on any atom is -0.484 e. The Labute approximate surface area is 194 Å². The first-order valence-electron chi connectivity index (χ1n) is 11.4. The van der Waals surface area contributed by atoms with Crippen molar-refractivity contribution in [1.82, 2.24) is 4.90 Å². The Morgan fingerprint density at radius 2 is 1.70 bits per heavy atom. The van der Waals surface area contributed by atoms with Crippen molar-refractivity contribution in [3.63, 3.8) is 0 Å². The normalized spacial score (nSPS) is 16.2. The Kier molecular flexibility index (Phi) is 6.40. The standard InChI is InChI=1S/C28H27NO4/c30-25(14-8-21-9-15-26-27(18-21)32-20-31-26)22-10-12-24(13-11-22)33-28(19-29-16-4-5-17-29)23-6-2-1-3-7-23/h1-3,6-15,18,28H,4-5,16-17,19-20H2. The zero-order valence-electron chi connectivity index (χ0n) is 18.5. The number of rotatable bonds is 8. The molecule has 5 nitrogen and oxygen atoms in total. The van der Waals surface area contributed by atoms with Crippen LogP contribution in [-0.2, 0) is 0 Å². The summed E-state index contributed by atoms with van der Waals surface area (Å²) >= 11 is 0. The van der Waals surface area contributed by atoms with Gasteiger partial charge >= 0.3 is 0 Å². The molecule has 2 aliphatic heterocycles. The molecule has 2 aliphatic rings. The van der Waals surface area contributed by atoms with Crippen molar-refractivity contribution in [3.05, 3.63) is 95.6 Å². The van der Waals surface area contributed by atoms with E-state index in [-0.39, 0.29) is 18.7 Å². The van der Waals surface area contributed by atoms with Gasteiger partial charge in [0.1, 0.15) is 11.9 Å². The molecule has 1 fully saturated rings. The largest absolute Gasteiger partial charge is 0.484 e. The summed E-state index contributed by atoms with van der Waals surface area (Å²) in [6.07, 6.45) is 5.82. The van der Waals surface area contributed by atoms with Gasteiger partial charge in [0.2, 0.25) is 6.79 Å². The molecule has 2 heterocycles. The van der Waals surface area contributed by atoms with Crippen LogP contribution >= 0.6 is 0 Å². The van der Waals surface area contributed by atoms with Gasteiger partial charge < -0.3 is 14.2 Å². The Balaban J connectivity index is 1.25. The van der Waals surface area contributed by atoms with Crippen molar-refractivity contribution in [2.75, 3.05) is 26.4 Å². The molecule has 1 atom stereocenters. The molecule has 0 radical (unpaired) electrons. The van der Waals surface area contributed by atoms with Gasteiger partial charge in [-0.1, -0.05) is 42.5 Å². The predicted octanol–water partition coefficient (Wildman–Crippen LogP) is 5.53. The summed E-state index contributed by atoms with van der Waals surface area (Å²) in [5.74, 6) is 2.14. The number of ketones is 1. The summed E-state index contributed by atoms with van der Waals surface area (Å²) in [7, 11) is 0. The highest BCUT2D eigenvalue weighted by atomic mass is 16.7. The molecule has 0 aromatic heterocycles. The van der Waals surface area contributed by atoms with Crippen LogP contribution in [0.3, 0.4) is 0 Å². The van der Waals surface area contributed by atoms with E-state index in [0.29, 0.717) is 11.3 Å². The van der Waals surface area contributed by atoms with Crippen molar-refractivity contribution < 1.29 is 19.0 Å². The molecule has 0 bridgehead atoms. The van der Waals surface area contributed by atoms with Crippen LogP contribution in [0.25, 0.3) is 6.08 Å². The highest BCUT2D eigenvalue weighted by Crippen LogP contribution is 2.33. The summed E-state index contributed by atoms with van der Waals surface area (Å²) in [4.78, 5) is 15.1. The molecule has 0 N–H and O–H groups in total. The third-order valence-corrected chi connectivity index (χ3v) is 6.04. The van der Waals surface area contributed by atoms with Crippen LogP contribution in [0.4, 0.5) is 0 Å². The average Bonchev–Trinajstić information content (AvgIpc) is 3.55. The molecular weight excluding hydrogens is 414 g/mol. The van der Waals surface area contributed by atoms with Crippen LogP contribution < -0.4 is 14.2 Å². The molecule has 3 aromatic rings. The number of ether oxygens (including phenoxy) is 3. The lowest BCUT2D eigenvalue weighted by atomic mass is 10.1. The summed E-state index contributed by atoms with van der Waals surface area (Å²) in [6.45, 7) is 3.34. The van der Waals surface area contributed by atoms with E-state index in [0.717, 1.165) is 42.3 Å². The Hall–Kier alpha value is -3.57. The second kappa shape index (κ2) is 9.92. The second-order valence-electron chi connectivity index (χ2n) is 8.36. The molecule has 168 valence electrons. The highest BCUT2D eigenvalue weighted by molar-refractivity contribution is 6.06. The van der Waals surface area contributed by atoms with Crippen LogP contribution in [0.15, 0.2) is 78.9 Å². The van der Waals surface area contributed by atoms with E-state index >= 15 is 0 Å². The number of fused-ring (bicyclic) bond motifs is 1. The van der Waals surface area contributed by atoms with E-state index in [1.807, 2.05) is 60.7 Å². The molecule has 33 heavy (non-hydrogen) atoms. The first-order valence-corrected chi connectivity index (χ1v) is 11.4. The fourth-order valence-corrected chi connectivity index (χ4v) is 4.23. The molecule has 0 saturated carbocycles. The Morgan fingerprint density at radius 1 is 0.939 bits per heavy atom. The van der Waals surface area contributed by atoms with Crippen molar-refractivity contribution in [2.24, 2.45) is 0 Å². The van der Waals surface area contributed by atoms with Crippen molar-refractivity contribution in [2.45, 2.75) is 18.9 Å². The van der Waals surface area contributed by atoms with E-state index in [2.05, 4.69) is 17.0 Å². The van der Waals surface area contributed by atoms with Gasteiger partial charge in [-0.25, -0.2) is 0 Å². The molecule has 5 rings (SSSR count). The van der Waals surface area contributed by atoms with Gasteiger partial charge in [-0.15, -0.1) is 0 Å². The molecule has 1 unspecified atom stereocenters. The maximum absolute atomic E-state index is 12.6. The van der Waals surface area contributed by atoms with Crippen LogP contribution in [0.2, 0.25) is 0 Å². The minimum atomic E-state index is -0.0594. The van der Waals surface area contributed by atoms with Gasteiger partial charge in [-0.3, -0.25) is 9.69 Å². The topological polar surface area (TPSA) is 48.0 Å². The number of benzene rings is 3. The van der Waals surface area contributed by atoms with Gasteiger partial charge in [0, 0.05) is 12.1 Å². The number of carbonyl (C=O) groups excluding carboxylic acids is 1. The van der Waals surface area contributed by atoms with E-state index < -0.39 is 0 Å². The van der Waals surface area contributed by atoms with Gasteiger partial charge in [0.25, 0.3) is 0 Å². The number of nitrogens with zero attached hydrogens (tertiary/aromatic N) is 1. The fraction of sp³-hybridized carbons (Fsp3) is 0.250. The zero-order valence-corrected chi connectivity index (χ0v) is 18.5. The van der Waals surface area contributed by atoms with Crippen LogP contribution in [0.1, 0.15) is 40.4 Å².